The van der Waals surface area contributed by atoms with E-state index in [1.807, 2.05) is 81.4 Å². The van der Waals surface area contributed by atoms with Gasteiger partial charge in [-0.05, 0) is 56.9 Å². The third kappa shape index (κ3) is 8.96. The van der Waals surface area contributed by atoms with E-state index in [4.69, 9.17) is 17.2 Å². The lowest BCUT2D eigenvalue weighted by Crippen LogP contribution is -2.44. The zero-order chi connectivity index (χ0) is 27.4. The molecule has 4 aromatic rings. The summed E-state index contributed by atoms with van der Waals surface area (Å²) in [6, 6.07) is 35.6. The van der Waals surface area contributed by atoms with Crippen molar-refractivity contribution >= 4 is 0 Å². The van der Waals surface area contributed by atoms with Crippen LogP contribution in [0.5, 0.6) is 0 Å². The molecule has 0 fully saturated rings. The zero-order valence-electron chi connectivity index (χ0n) is 22.8. The minimum absolute atomic E-state index is 0.153. The van der Waals surface area contributed by atoms with Crippen molar-refractivity contribution in [2.24, 2.45) is 17.2 Å². The molecule has 0 heterocycles. The van der Waals surface area contributed by atoms with Crippen LogP contribution < -0.4 is 17.2 Å². The fraction of sp³-hybridized carbons (Fsp3) is 0.273. The van der Waals surface area contributed by atoms with Crippen molar-refractivity contribution < 1.29 is 5.11 Å². The predicted octanol–water partition coefficient (Wildman–Crippen LogP) is 6.30. The topological polar surface area (TPSA) is 98.3 Å². The maximum Gasteiger partial charge on any atom is 0.129 e. The van der Waals surface area contributed by atoms with E-state index in [0.29, 0.717) is 0 Å². The van der Waals surface area contributed by atoms with Crippen LogP contribution in [0.1, 0.15) is 66.2 Å². The van der Waals surface area contributed by atoms with Crippen LogP contribution in [0.25, 0.3) is 0 Å². The van der Waals surface area contributed by atoms with Gasteiger partial charge in [-0.3, -0.25) is 0 Å². The SMILES string of the molecule is C[C@H](N)C(O)(c1ccccc1)c1ccccc1.Cc1ccc([C@@H](C)N)cc1.Cc1ccc([C@H](C)N)cc1. The number of aliphatic hydroxyl groups is 1. The van der Waals surface area contributed by atoms with Crippen molar-refractivity contribution in [3.8, 4) is 0 Å². The van der Waals surface area contributed by atoms with Gasteiger partial charge in [-0.15, -0.1) is 0 Å². The number of benzene rings is 4. The maximum atomic E-state index is 10.9. The third-order valence-electron chi connectivity index (χ3n) is 6.29. The summed E-state index contributed by atoms with van der Waals surface area (Å²) in [5.41, 5.74) is 22.8. The van der Waals surface area contributed by atoms with Crippen LogP contribution >= 0.6 is 0 Å². The van der Waals surface area contributed by atoms with Gasteiger partial charge in [0.05, 0.1) is 0 Å². The van der Waals surface area contributed by atoms with Crippen molar-refractivity contribution in [1.82, 2.24) is 0 Å². The van der Waals surface area contributed by atoms with Crippen molar-refractivity contribution in [2.75, 3.05) is 0 Å². The summed E-state index contributed by atoms with van der Waals surface area (Å²) in [4.78, 5) is 0. The molecule has 3 atom stereocenters. The predicted molar refractivity (Wildman–Crippen MR) is 157 cm³/mol. The number of hydrogen-bond acceptors (Lipinski definition) is 4. The molecule has 0 amide bonds. The van der Waals surface area contributed by atoms with E-state index < -0.39 is 5.60 Å². The molecule has 4 heteroatoms. The van der Waals surface area contributed by atoms with Gasteiger partial charge in [0.2, 0.25) is 0 Å². The van der Waals surface area contributed by atoms with Gasteiger partial charge in [0.15, 0.2) is 0 Å². The van der Waals surface area contributed by atoms with E-state index >= 15 is 0 Å². The molecular formula is C33H43N3O. The first-order valence-corrected chi connectivity index (χ1v) is 12.8. The molecule has 0 aliphatic heterocycles. The molecule has 0 unspecified atom stereocenters. The number of rotatable bonds is 5. The second kappa shape index (κ2) is 14.5. The molecule has 0 spiro atoms. The van der Waals surface area contributed by atoms with Gasteiger partial charge in [-0.1, -0.05) is 120 Å². The summed E-state index contributed by atoms with van der Waals surface area (Å²) in [6.07, 6.45) is 0. The Labute approximate surface area is 223 Å². The molecule has 0 aliphatic rings. The highest BCUT2D eigenvalue weighted by atomic mass is 16.3. The Morgan fingerprint density at radius 3 is 1.05 bits per heavy atom. The highest BCUT2D eigenvalue weighted by Crippen LogP contribution is 2.31. The Morgan fingerprint density at radius 1 is 0.514 bits per heavy atom. The summed E-state index contributed by atoms with van der Waals surface area (Å²) in [6.45, 7) is 9.95. The highest BCUT2D eigenvalue weighted by Gasteiger charge is 2.35. The first-order valence-electron chi connectivity index (χ1n) is 12.8. The standard InChI is InChI=1S/C15H17NO.2C9H13N/c1-12(16)15(17,13-8-4-2-5-9-13)14-10-6-3-7-11-14;2*1-7-3-5-9(6-4-7)8(2)10/h2-12,17H,16H2,1H3;2*3-6,8H,10H2,1-2H3/t12-;2*8-/m010/s1. The lowest BCUT2D eigenvalue weighted by molar-refractivity contribution is 0.0579. The first-order chi connectivity index (χ1) is 17.6. The molecule has 7 N–H and O–H groups in total. The number of hydrogen-bond donors (Lipinski definition) is 4. The summed E-state index contributed by atoms with van der Waals surface area (Å²) in [5.74, 6) is 0. The van der Waals surface area contributed by atoms with Crippen LogP contribution in [0.2, 0.25) is 0 Å². The molecule has 196 valence electrons. The largest absolute Gasteiger partial charge is 0.379 e. The fourth-order valence-electron chi connectivity index (χ4n) is 3.82. The Bertz CT molecular complexity index is 1060. The maximum absolute atomic E-state index is 10.9. The molecule has 0 bridgehead atoms. The third-order valence-corrected chi connectivity index (χ3v) is 6.29. The fourth-order valence-corrected chi connectivity index (χ4v) is 3.82. The Balaban J connectivity index is 0.000000208. The summed E-state index contributed by atoms with van der Waals surface area (Å²) in [7, 11) is 0. The molecule has 0 saturated heterocycles. The molecule has 0 aromatic heterocycles. The molecule has 4 rings (SSSR count). The average molecular weight is 498 g/mol. The Morgan fingerprint density at radius 2 is 0.811 bits per heavy atom. The van der Waals surface area contributed by atoms with Gasteiger partial charge in [-0.2, -0.15) is 0 Å². The van der Waals surface area contributed by atoms with Gasteiger partial charge < -0.3 is 22.3 Å². The first kappa shape index (κ1) is 29.9. The van der Waals surface area contributed by atoms with Crippen molar-refractivity contribution in [3.05, 3.63) is 143 Å². The van der Waals surface area contributed by atoms with Gasteiger partial charge in [0.1, 0.15) is 5.60 Å². The number of nitrogens with two attached hydrogens (primary N) is 3. The number of aryl methyl sites for hydroxylation is 2. The lowest BCUT2D eigenvalue weighted by atomic mass is 9.81. The van der Waals surface area contributed by atoms with E-state index in [1.54, 1.807) is 0 Å². The quantitative estimate of drug-likeness (QED) is 0.260. The van der Waals surface area contributed by atoms with E-state index in [0.717, 1.165) is 11.1 Å². The van der Waals surface area contributed by atoms with Crippen LogP contribution in [0.3, 0.4) is 0 Å². The van der Waals surface area contributed by atoms with E-state index in [-0.39, 0.29) is 18.1 Å². The second-order valence-electron chi connectivity index (χ2n) is 9.69. The summed E-state index contributed by atoms with van der Waals surface area (Å²) >= 11 is 0. The van der Waals surface area contributed by atoms with Gasteiger partial charge in [0, 0.05) is 18.1 Å². The minimum Gasteiger partial charge on any atom is -0.379 e. The molecule has 0 saturated carbocycles. The Kier molecular flexibility index (Phi) is 11.7. The van der Waals surface area contributed by atoms with E-state index in [1.165, 1.54) is 22.3 Å². The minimum atomic E-state index is -1.14. The van der Waals surface area contributed by atoms with E-state index in [9.17, 15) is 5.11 Å². The molecule has 0 radical (unpaired) electrons. The molecule has 0 aliphatic carbocycles. The van der Waals surface area contributed by atoms with Crippen molar-refractivity contribution in [3.63, 3.8) is 0 Å². The molecule has 4 aromatic carbocycles. The normalized spacial score (nSPS) is 13.2. The van der Waals surface area contributed by atoms with Gasteiger partial charge in [0.25, 0.3) is 0 Å². The van der Waals surface area contributed by atoms with Crippen LogP contribution in [-0.4, -0.2) is 11.1 Å². The van der Waals surface area contributed by atoms with E-state index in [2.05, 4.69) is 62.4 Å². The Hall–Kier alpha value is -3.28. The lowest BCUT2D eigenvalue weighted by Gasteiger charge is -2.33. The van der Waals surface area contributed by atoms with Crippen LogP contribution in [0.15, 0.2) is 109 Å². The smallest absolute Gasteiger partial charge is 0.129 e. The zero-order valence-corrected chi connectivity index (χ0v) is 22.8. The van der Waals surface area contributed by atoms with Crippen LogP contribution in [-0.2, 0) is 5.60 Å². The van der Waals surface area contributed by atoms with Crippen LogP contribution in [0, 0.1) is 13.8 Å². The van der Waals surface area contributed by atoms with Gasteiger partial charge in [-0.25, -0.2) is 0 Å². The highest BCUT2D eigenvalue weighted by molar-refractivity contribution is 5.37. The molecular weight excluding hydrogens is 454 g/mol. The van der Waals surface area contributed by atoms with Crippen molar-refractivity contribution in [2.45, 2.75) is 58.3 Å². The monoisotopic (exact) mass is 497 g/mol. The molecule has 4 nitrogen and oxygen atoms in total. The van der Waals surface area contributed by atoms with Gasteiger partial charge >= 0.3 is 0 Å². The average Bonchev–Trinajstić information content (AvgIpc) is 2.90. The molecule has 37 heavy (non-hydrogen) atoms. The second-order valence-corrected chi connectivity index (χ2v) is 9.69. The van der Waals surface area contributed by atoms with Crippen LogP contribution in [0.4, 0.5) is 0 Å². The summed E-state index contributed by atoms with van der Waals surface area (Å²) < 4.78 is 0. The van der Waals surface area contributed by atoms with Crippen molar-refractivity contribution in [1.29, 1.82) is 0 Å². The summed E-state index contributed by atoms with van der Waals surface area (Å²) in [5, 5.41) is 10.9.